The van der Waals surface area contributed by atoms with Gasteiger partial charge in [0, 0.05) is 5.56 Å². The van der Waals surface area contributed by atoms with E-state index in [1.165, 1.54) is 13.2 Å². The van der Waals surface area contributed by atoms with Crippen molar-refractivity contribution in [2.45, 2.75) is 19.8 Å². The van der Waals surface area contributed by atoms with Crippen molar-refractivity contribution in [3.8, 4) is 22.9 Å². The molecule has 0 saturated carbocycles. The monoisotopic (exact) mass is 338 g/mol. The third kappa shape index (κ3) is 2.85. The van der Waals surface area contributed by atoms with Crippen LogP contribution in [0.15, 0.2) is 27.5 Å². The average Bonchev–Trinajstić information content (AvgIpc) is 2.44. The lowest BCUT2D eigenvalue weighted by atomic mass is 10.1. The summed E-state index contributed by atoms with van der Waals surface area (Å²) < 4.78 is 5.53. The SMILES string of the molecule is CCCc1nc(-c2ccc(O)c(OC)c2)[nH]c(=O)c1Br. The number of hydrogen-bond donors (Lipinski definition) is 2. The minimum atomic E-state index is -0.217. The van der Waals surface area contributed by atoms with Gasteiger partial charge in [-0.3, -0.25) is 4.79 Å². The zero-order valence-electron chi connectivity index (χ0n) is 11.2. The van der Waals surface area contributed by atoms with Crippen LogP contribution in [0.4, 0.5) is 0 Å². The Bertz CT molecular complexity index is 683. The fourth-order valence-corrected chi connectivity index (χ4v) is 2.26. The van der Waals surface area contributed by atoms with E-state index in [9.17, 15) is 9.90 Å². The highest BCUT2D eigenvalue weighted by Crippen LogP contribution is 2.30. The van der Waals surface area contributed by atoms with Crippen LogP contribution in [-0.2, 0) is 6.42 Å². The summed E-state index contributed by atoms with van der Waals surface area (Å²) in [4.78, 5) is 19.1. The number of hydrogen-bond acceptors (Lipinski definition) is 4. The molecule has 0 spiro atoms. The molecule has 2 N–H and O–H groups in total. The van der Waals surface area contributed by atoms with Gasteiger partial charge in [-0.25, -0.2) is 4.98 Å². The molecule has 106 valence electrons. The molecule has 6 heteroatoms. The summed E-state index contributed by atoms with van der Waals surface area (Å²) in [6, 6.07) is 4.83. The molecule has 0 aliphatic heterocycles. The zero-order valence-corrected chi connectivity index (χ0v) is 12.8. The second kappa shape index (κ2) is 6.09. The van der Waals surface area contributed by atoms with Crippen molar-refractivity contribution in [1.82, 2.24) is 9.97 Å². The van der Waals surface area contributed by atoms with Gasteiger partial charge in [0.25, 0.3) is 5.56 Å². The molecule has 0 amide bonds. The van der Waals surface area contributed by atoms with Crippen LogP contribution in [-0.4, -0.2) is 22.2 Å². The number of phenolic OH excluding ortho intramolecular Hbond substituents is 1. The lowest BCUT2D eigenvalue weighted by molar-refractivity contribution is 0.373. The van der Waals surface area contributed by atoms with E-state index in [1.54, 1.807) is 12.1 Å². The quantitative estimate of drug-likeness (QED) is 0.898. The first-order valence-corrected chi connectivity index (χ1v) is 7.02. The number of phenols is 1. The molecule has 0 fully saturated rings. The number of aromatic hydroxyl groups is 1. The molecule has 0 aliphatic carbocycles. The number of rotatable bonds is 4. The summed E-state index contributed by atoms with van der Waals surface area (Å²) in [5.41, 5.74) is 1.19. The molecule has 1 heterocycles. The summed E-state index contributed by atoms with van der Waals surface area (Å²) >= 11 is 3.26. The molecule has 0 radical (unpaired) electrons. The maximum absolute atomic E-state index is 11.9. The first-order valence-electron chi connectivity index (χ1n) is 6.22. The van der Waals surface area contributed by atoms with Gasteiger partial charge in [0.1, 0.15) is 10.3 Å². The summed E-state index contributed by atoms with van der Waals surface area (Å²) in [6.07, 6.45) is 1.61. The lowest BCUT2D eigenvalue weighted by Gasteiger charge is -2.08. The van der Waals surface area contributed by atoms with Gasteiger partial charge < -0.3 is 14.8 Å². The molecule has 0 bridgehead atoms. The van der Waals surface area contributed by atoms with Crippen LogP contribution in [0.2, 0.25) is 0 Å². The lowest BCUT2D eigenvalue weighted by Crippen LogP contribution is -2.13. The highest BCUT2D eigenvalue weighted by atomic mass is 79.9. The molecule has 1 aromatic heterocycles. The number of aryl methyl sites for hydroxylation is 1. The van der Waals surface area contributed by atoms with Crippen molar-refractivity contribution in [3.05, 3.63) is 38.7 Å². The smallest absolute Gasteiger partial charge is 0.265 e. The summed E-state index contributed by atoms with van der Waals surface area (Å²) in [7, 11) is 1.47. The second-order valence-corrected chi connectivity index (χ2v) is 5.10. The van der Waals surface area contributed by atoms with E-state index in [-0.39, 0.29) is 11.3 Å². The van der Waals surface area contributed by atoms with Crippen LogP contribution >= 0.6 is 15.9 Å². The first kappa shape index (κ1) is 14.6. The topological polar surface area (TPSA) is 75.2 Å². The van der Waals surface area contributed by atoms with Gasteiger partial charge in [0.15, 0.2) is 11.5 Å². The highest BCUT2D eigenvalue weighted by Gasteiger charge is 2.11. The number of ether oxygens (including phenoxy) is 1. The van der Waals surface area contributed by atoms with E-state index >= 15 is 0 Å². The number of aromatic amines is 1. The Morgan fingerprint density at radius 2 is 2.20 bits per heavy atom. The Kier molecular flexibility index (Phi) is 4.44. The van der Waals surface area contributed by atoms with Gasteiger partial charge >= 0.3 is 0 Å². The number of nitrogens with one attached hydrogen (secondary N) is 1. The Morgan fingerprint density at radius 1 is 1.45 bits per heavy atom. The molecule has 0 saturated heterocycles. The molecule has 0 atom stereocenters. The second-order valence-electron chi connectivity index (χ2n) is 4.31. The Morgan fingerprint density at radius 3 is 2.85 bits per heavy atom. The molecular formula is C14H15BrN2O3. The van der Waals surface area contributed by atoms with Gasteiger partial charge in [-0.05, 0) is 40.5 Å². The van der Waals surface area contributed by atoms with Crippen molar-refractivity contribution in [2.24, 2.45) is 0 Å². The molecule has 2 aromatic rings. The largest absolute Gasteiger partial charge is 0.504 e. The molecule has 20 heavy (non-hydrogen) atoms. The average molecular weight is 339 g/mol. The maximum Gasteiger partial charge on any atom is 0.265 e. The Labute approximate surface area is 124 Å². The number of methoxy groups -OCH3 is 1. The van der Waals surface area contributed by atoms with Crippen molar-refractivity contribution in [1.29, 1.82) is 0 Å². The summed E-state index contributed by atoms with van der Waals surface area (Å²) in [5.74, 6) is 0.842. The standard InChI is InChI=1S/C14H15BrN2O3/c1-3-4-9-12(15)14(19)17-13(16-9)8-5-6-10(18)11(7-8)20-2/h5-7,18H,3-4H2,1-2H3,(H,16,17,19). The number of nitrogens with zero attached hydrogens (tertiary/aromatic N) is 1. The van der Waals surface area contributed by atoms with Crippen LogP contribution in [0.3, 0.4) is 0 Å². The predicted molar refractivity (Wildman–Crippen MR) is 80.2 cm³/mol. The van der Waals surface area contributed by atoms with Crippen LogP contribution in [0.1, 0.15) is 19.0 Å². The van der Waals surface area contributed by atoms with Gasteiger partial charge in [0.2, 0.25) is 0 Å². The summed E-state index contributed by atoms with van der Waals surface area (Å²) in [5, 5.41) is 9.59. The molecule has 0 aliphatic rings. The molecule has 0 unspecified atom stereocenters. The summed E-state index contributed by atoms with van der Waals surface area (Å²) in [6.45, 7) is 2.03. The van der Waals surface area contributed by atoms with Crippen LogP contribution in [0, 0.1) is 0 Å². The van der Waals surface area contributed by atoms with E-state index in [0.717, 1.165) is 12.1 Å². The first-order chi connectivity index (χ1) is 9.56. The molecule has 2 rings (SSSR count). The van der Waals surface area contributed by atoms with Gasteiger partial charge in [-0.2, -0.15) is 0 Å². The van der Waals surface area contributed by atoms with Gasteiger partial charge in [-0.1, -0.05) is 13.3 Å². The van der Waals surface area contributed by atoms with Crippen LogP contribution in [0.5, 0.6) is 11.5 Å². The third-order valence-corrected chi connectivity index (χ3v) is 3.69. The van der Waals surface area contributed by atoms with E-state index in [2.05, 4.69) is 25.9 Å². The number of benzene rings is 1. The third-order valence-electron chi connectivity index (χ3n) is 2.87. The number of halogens is 1. The van der Waals surface area contributed by atoms with E-state index < -0.39 is 0 Å². The maximum atomic E-state index is 11.9. The highest BCUT2D eigenvalue weighted by molar-refractivity contribution is 9.10. The number of aromatic nitrogens is 2. The van der Waals surface area contributed by atoms with Crippen molar-refractivity contribution in [2.75, 3.05) is 7.11 Å². The van der Waals surface area contributed by atoms with Crippen molar-refractivity contribution < 1.29 is 9.84 Å². The minimum absolute atomic E-state index is 0.0458. The predicted octanol–water partition coefficient (Wildman–Crippen LogP) is 2.87. The van der Waals surface area contributed by atoms with Gasteiger partial charge in [0.05, 0.1) is 12.8 Å². The van der Waals surface area contributed by atoms with E-state index in [4.69, 9.17) is 4.74 Å². The van der Waals surface area contributed by atoms with Crippen molar-refractivity contribution in [3.63, 3.8) is 0 Å². The van der Waals surface area contributed by atoms with E-state index in [0.29, 0.717) is 28.0 Å². The fraction of sp³-hybridized carbons (Fsp3) is 0.286. The number of H-pyrrole nitrogens is 1. The Balaban J connectivity index is 2.55. The van der Waals surface area contributed by atoms with Crippen LogP contribution < -0.4 is 10.3 Å². The van der Waals surface area contributed by atoms with Gasteiger partial charge in [-0.15, -0.1) is 0 Å². The zero-order chi connectivity index (χ0) is 14.7. The molecule has 1 aromatic carbocycles. The van der Waals surface area contributed by atoms with Crippen LogP contribution in [0.25, 0.3) is 11.4 Å². The fourth-order valence-electron chi connectivity index (χ4n) is 1.87. The minimum Gasteiger partial charge on any atom is -0.504 e. The molecule has 5 nitrogen and oxygen atoms in total. The van der Waals surface area contributed by atoms with E-state index in [1.807, 2.05) is 6.92 Å². The normalized spacial score (nSPS) is 10.6. The Hall–Kier alpha value is -1.82. The molecular weight excluding hydrogens is 324 g/mol. The van der Waals surface area contributed by atoms with Crippen molar-refractivity contribution >= 4 is 15.9 Å².